The molecule has 0 spiro atoms. The zero-order valence-electron chi connectivity index (χ0n) is 17.5. The smallest absolute Gasteiger partial charge is 0.352 e. The molecule has 176 valence electrons. The van der Waals surface area contributed by atoms with Gasteiger partial charge >= 0.3 is 6.18 Å². The number of benzene rings is 1. The van der Waals surface area contributed by atoms with Crippen LogP contribution in [0.1, 0.15) is 26.4 Å². The Morgan fingerprint density at radius 2 is 1.62 bits per heavy atom. The van der Waals surface area contributed by atoms with Gasteiger partial charge in [-0.25, -0.2) is 0 Å². The number of nitrogens with one attached hydrogen (secondary N) is 1. The van der Waals surface area contributed by atoms with Gasteiger partial charge in [0.2, 0.25) is 0 Å². The largest absolute Gasteiger partial charge is 0.417 e. The monoisotopic (exact) mass is 491 g/mol. The van der Waals surface area contributed by atoms with Crippen molar-refractivity contribution in [2.75, 3.05) is 36.4 Å². The van der Waals surface area contributed by atoms with Gasteiger partial charge in [-0.05, 0) is 36.4 Å². The van der Waals surface area contributed by atoms with E-state index in [0.717, 1.165) is 6.07 Å². The van der Waals surface area contributed by atoms with Gasteiger partial charge in [0.05, 0.1) is 11.1 Å². The van der Waals surface area contributed by atoms with Crippen LogP contribution in [0.25, 0.3) is 0 Å². The highest BCUT2D eigenvalue weighted by Gasteiger charge is 2.36. The summed E-state index contributed by atoms with van der Waals surface area (Å²) in [6.45, 7) is 1.12. The number of rotatable bonds is 4. The molecule has 1 fully saturated rings. The van der Waals surface area contributed by atoms with E-state index in [2.05, 4.69) is 25.7 Å². The summed E-state index contributed by atoms with van der Waals surface area (Å²) in [5.74, 6) is -0.524. The van der Waals surface area contributed by atoms with E-state index in [1.165, 1.54) is 41.3 Å². The van der Waals surface area contributed by atoms with Crippen molar-refractivity contribution in [3.05, 3.63) is 70.5 Å². The van der Waals surface area contributed by atoms with E-state index in [9.17, 15) is 22.8 Å². The molecule has 1 N–H and O–H groups in total. The SMILES string of the molecule is O=C(Nc1ccc(Cl)nn1)c1ccc(N2CCN(C(=O)c3ccccc3C(F)(F)F)CC2)nn1. The molecule has 1 aliphatic heterocycles. The number of nitrogens with zero attached hydrogens (tertiary/aromatic N) is 6. The van der Waals surface area contributed by atoms with Crippen LogP contribution >= 0.6 is 11.6 Å². The van der Waals surface area contributed by atoms with Crippen LogP contribution in [-0.2, 0) is 6.18 Å². The molecule has 34 heavy (non-hydrogen) atoms. The van der Waals surface area contributed by atoms with E-state index >= 15 is 0 Å². The average molecular weight is 492 g/mol. The molecule has 0 unspecified atom stereocenters. The van der Waals surface area contributed by atoms with Gasteiger partial charge in [-0.3, -0.25) is 9.59 Å². The van der Waals surface area contributed by atoms with Crippen LogP contribution in [0.3, 0.4) is 0 Å². The maximum Gasteiger partial charge on any atom is 0.417 e. The van der Waals surface area contributed by atoms with Crippen molar-refractivity contribution in [2.24, 2.45) is 0 Å². The van der Waals surface area contributed by atoms with Gasteiger partial charge in [-0.2, -0.15) is 13.2 Å². The Morgan fingerprint density at radius 1 is 0.882 bits per heavy atom. The highest BCUT2D eigenvalue weighted by atomic mass is 35.5. The number of carbonyl (C=O) groups is 2. The molecule has 0 atom stereocenters. The summed E-state index contributed by atoms with van der Waals surface area (Å²) >= 11 is 5.66. The number of anilines is 2. The Balaban J connectivity index is 1.37. The van der Waals surface area contributed by atoms with E-state index in [4.69, 9.17) is 11.6 Å². The van der Waals surface area contributed by atoms with Gasteiger partial charge in [-0.15, -0.1) is 20.4 Å². The van der Waals surface area contributed by atoms with E-state index in [-0.39, 0.29) is 35.3 Å². The van der Waals surface area contributed by atoms with Gasteiger partial charge < -0.3 is 15.1 Å². The van der Waals surface area contributed by atoms with Gasteiger partial charge in [0.15, 0.2) is 22.5 Å². The second-order valence-corrected chi connectivity index (χ2v) is 7.68. The first kappa shape index (κ1) is 23.4. The van der Waals surface area contributed by atoms with Crippen LogP contribution < -0.4 is 10.2 Å². The zero-order valence-corrected chi connectivity index (χ0v) is 18.2. The van der Waals surface area contributed by atoms with E-state index < -0.39 is 23.6 Å². The minimum Gasteiger partial charge on any atom is -0.352 e. The van der Waals surface area contributed by atoms with Crippen LogP contribution in [0.4, 0.5) is 24.8 Å². The maximum absolute atomic E-state index is 13.3. The second kappa shape index (κ2) is 9.59. The third-order valence-electron chi connectivity index (χ3n) is 5.11. The average Bonchev–Trinajstić information content (AvgIpc) is 2.84. The normalized spacial score (nSPS) is 14.1. The number of alkyl halides is 3. The van der Waals surface area contributed by atoms with E-state index in [1.54, 1.807) is 6.07 Å². The number of piperazine rings is 1. The van der Waals surface area contributed by atoms with Gasteiger partial charge in [-0.1, -0.05) is 23.7 Å². The van der Waals surface area contributed by atoms with E-state index in [0.29, 0.717) is 18.9 Å². The first-order chi connectivity index (χ1) is 16.2. The molecule has 1 saturated heterocycles. The van der Waals surface area contributed by atoms with Gasteiger partial charge in [0.25, 0.3) is 11.8 Å². The number of hydrogen-bond acceptors (Lipinski definition) is 7. The number of amides is 2. The molecule has 4 rings (SSSR count). The first-order valence-corrected chi connectivity index (χ1v) is 10.4. The van der Waals surface area contributed by atoms with Crippen molar-refractivity contribution in [1.29, 1.82) is 0 Å². The highest BCUT2D eigenvalue weighted by molar-refractivity contribution is 6.29. The molecule has 0 bridgehead atoms. The maximum atomic E-state index is 13.3. The van der Waals surface area contributed by atoms with Crippen LogP contribution in [0.2, 0.25) is 5.15 Å². The third kappa shape index (κ3) is 5.22. The minimum absolute atomic E-state index is 0.0538. The quantitative estimate of drug-likeness (QED) is 0.598. The molecular formula is C21H17ClF3N7O2. The zero-order chi connectivity index (χ0) is 24.3. The molecular weight excluding hydrogens is 475 g/mol. The summed E-state index contributed by atoms with van der Waals surface area (Å²) in [7, 11) is 0. The molecule has 0 radical (unpaired) electrons. The summed E-state index contributed by atoms with van der Waals surface area (Å²) in [6.07, 6.45) is -4.61. The lowest BCUT2D eigenvalue weighted by Crippen LogP contribution is -2.49. The summed E-state index contributed by atoms with van der Waals surface area (Å²) in [5, 5.41) is 18.1. The summed E-state index contributed by atoms with van der Waals surface area (Å²) in [6, 6.07) is 10.8. The fourth-order valence-electron chi connectivity index (χ4n) is 3.40. The van der Waals surface area contributed by atoms with Crippen molar-refractivity contribution in [3.8, 4) is 0 Å². The molecule has 9 nitrogen and oxygen atoms in total. The number of carbonyl (C=O) groups excluding carboxylic acids is 2. The third-order valence-corrected chi connectivity index (χ3v) is 5.31. The van der Waals surface area contributed by atoms with Crippen molar-refractivity contribution >= 4 is 35.1 Å². The number of halogens is 4. The van der Waals surface area contributed by atoms with E-state index in [1.807, 2.05) is 4.90 Å². The second-order valence-electron chi connectivity index (χ2n) is 7.29. The molecule has 2 aromatic heterocycles. The lowest BCUT2D eigenvalue weighted by atomic mass is 10.1. The standard InChI is InChI=1S/C21H17ClF3N7O2/c22-16-6-7-17(29-28-16)26-19(33)15-5-8-18(30-27-15)31-9-11-32(12-10-31)20(34)13-3-1-2-4-14(13)21(23,24)25/h1-8H,9-12H2,(H,26,29,33). The molecule has 0 saturated carbocycles. The summed E-state index contributed by atoms with van der Waals surface area (Å²) in [4.78, 5) is 28.2. The Bertz CT molecular complexity index is 1180. The molecule has 3 heterocycles. The van der Waals surface area contributed by atoms with Crippen molar-refractivity contribution < 1.29 is 22.8 Å². The molecule has 2 amide bonds. The van der Waals surface area contributed by atoms with Crippen LogP contribution in [0, 0.1) is 0 Å². The van der Waals surface area contributed by atoms with Crippen molar-refractivity contribution in [3.63, 3.8) is 0 Å². The van der Waals surface area contributed by atoms with Crippen LogP contribution in [0.5, 0.6) is 0 Å². The fraction of sp³-hybridized carbons (Fsp3) is 0.238. The summed E-state index contributed by atoms with van der Waals surface area (Å²) < 4.78 is 39.8. The molecule has 13 heteroatoms. The molecule has 1 aliphatic rings. The summed E-state index contributed by atoms with van der Waals surface area (Å²) in [5.41, 5.74) is -1.27. The molecule has 0 aliphatic carbocycles. The topological polar surface area (TPSA) is 104 Å². The predicted octanol–water partition coefficient (Wildman–Crippen LogP) is 3.15. The predicted molar refractivity (Wildman–Crippen MR) is 117 cm³/mol. The van der Waals surface area contributed by atoms with Crippen molar-refractivity contribution in [1.82, 2.24) is 25.3 Å². The lowest BCUT2D eigenvalue weighted by molar-refractivity contribution is -0.138. The molecule has 1 aromatic carbocycles. The van der Waals surface area contributed by atoms with Crippen LogP contribution in [0.15, 0.2) is 48.5 Å². The Morgan fingerprint density at radius 3 is 2.24 bits per heavy atom. The number of hydrogen-bond donors (Lipinski definition) is 1. The van der Waals surface area contributed by atoms with Gasteiger partial charge in [0, 0.05) is 26.2 Å². The molecule has 3 aromatic rings. The Hall–Kier alpha value is -3.80. The fourth-order valence-corrected chi connectivity index (χ4v) is 3.50. The lowest BCUT2D eigenvalue weighted by Gasteiger charge is -2.35. The minimum atomic E-state index is -4.61. The number of aromatic nitrogens is 4. The first-order valence-electron chi connectivity index (χ1n) is 10.1. The van der Waals surface area contributed by atoms with Crippen molar-refractivity contribution in [2.45, 2.75) is 6.18 Å². The Labute approximate surface area is 196 Å². The Kier molecular flexibility index (Phi) is 6.59. The highest BCUT2D eigenvalue weighted by Crippen LogP contribution is 2.32. The van der Waals surface area contributed by atoms with Crippen LogP contribution in [-0.4, -0.2) is 63.3 Å². The van der Waals surface area contributed by atoms with Gasteiger partial charge in [0.1, 0.15) is 0 Å².